The zero-order valence-electron chi connectivity index (χ0n) is 15.2. The van der Waals surface area contributed by atoms with Gasteiger partial charge in [-0.2, -0.15) is 0 Å². The van der Waals surface area contributed by atoms with Gasteiger partial charge in [0.15, 0.2) is 0 Å². The van der Waals surface area contributed by atoms with Gasteiger partial charge in [0, 0.05) is 18.7 Å². The van der Waals surface area contributed by atoms with E-state index in [1.807, 2.05) is 55.5 Å². The standard InChI is InChI=1S/C23H26N2O/c1-3-8-20(13-14-21-22(24)15-16-25-23(21)26)17-18(2)9-7-12-19-10-5-4-6-11-19/h3-11,13-14,17H,2,12,15-16,24H2,1H3,(H,25,26)/b8-3-,9-7+,14-13+,20-17+. The van der Waals surface area contributed by atoms with Crippen molar-refractivity contribution in [3.63, 3.8) is 0 Å². The van der Waals surface area contributed by atoms with Crippen LogP contribution in [0.5, 0.6) is 0 Å². The Balaban J connectivity index is 2.06. The van der Waals surface area contributed by atoms with Gasteiger partial charge in [0.05, 0.1) is 5.57 Å². The van der Waals surface area contributed by atoms with E-state index in [0.29, 0.717) is 24.2 Å². The van der Waals surface area contributed by atoms with Gasteiger partial charge < -0.3 is 11.1 Å². The van der Waals surface area contributed by atoms with Crippen molar-refractivity contribution < 1.29 is 4.79 Å². The van der Waals surface area contributed by atoms with E-state index in [0.717, 1.165) is 17.6 Å². The Kier molecular flexibility index (Phi) is 7.44. The average Bonchev–Trinajstić information content (AvgIpc) is 2.62. The fourth-order valence-corrected chi connectivity index (χ4v) is 2.62. The summed E-state index contributed by atoms with van der Waals surface area (Å²) in [5.41, 5.74) is 10.2. The van der Waals surface area contributed by atoms with Gasteiger partial charge in [-0.1, -0.05) is 67.3 Å². The molecule has 26 heavy (non-hydrogen) atoms. The van der Waals surface area contributed by atoms with Crippen molar-refractivity contribution in [2.45, 2.75) is 19.8 Å². The molecule has 3 heteroatoms. The van der Waals surface area contributed by atoms with Gasteiger partial charge in [-0.25, -0.2) is 0 Å². The molecule has 1 aromatic rings. The van der Waals surface area contributed by atoms with E-state index in [4.69, 9.17) is 5.73 Å². The third-order valence-electron chi connectivity index (χ3n) is 3.95. The maximum Gasteiger partial charge on any atom is 0.253 e. The van der Waals surface area contributed by atoms with E-state index in [2.05, 4.69) is 30.1 Å². The van der Waals surface area contributed by atoms with Gasteiger partial charge in [-0.05, 0) is 42.2 Å². The summed E-state index contributed by atoms with van der Waals surface area (Å²) in [4.78, 5) is 11.9. The highest BCUT2D eigenvalue weighted by Crippen LogP contribution is 2.13. The Morgan fingerprint density at radius 3 is 2.69 bits per heavy atom. The van der Waals surface area contributed by atoms with Crippen LogP contribution in [-0.4, -0.2) is 12.5 Å². The van der Waals surface area contributed by atoms with E-state index >= 15 is 0 Å². The Morgan fingerprint density at radius 2 is 2.00 bits per heavy atom. The first kappa shape index (κ1) is 19.3. The normalized spacial score (nSPS) is 16.0. The summed E-state index contributed by atoms with van der Waals surface area (Å²) in [5, 5.41) is 2.81. The lowest BCUT2D eigenvalue weighted by Crippen LogP contribution is -2.33. The predicted octanol–water partition coefficient (Wildman–Crippen LogP) is 4.13. The van der Waals surface area contributed by atoms with Crippen LogP contribution in [0.4, 0.5) is 0 Å². The first-order chi connectivity index (χ1) is 12.6. The molecule has 1 aliphatic rings. The SMILES string of the molecule is C=C(/C=C/Cc1ccccc1)/C=C(\C=C/C)/C=C/C1=C(N)CCNC1=O. The number of carbonyl (C=O) groups is 1. The van der Waals surface area contributed by atoms with Gasteiger partial charge >= 0.3 is 0 Å². The fraction of sp³-hybridized carbons (Fsp3) is 0.174. The highest BCUT2D eigenvalue weighted by atomic mass is 16.1. The Hall–Kier alpha value is -3.07. The van der Waals surface area contributed by atoms with Crippen LogP contribution in [0.3, 0.4) is 0 Å². The third-order valence-corrected chi connectivity index (χ3v) is 3.95. The second-order valence-corrected chi connectivity index (χ2v) is 6.09. The smallest absolute Gasteiger partial charge is 0.253 e. The van der Waals surface area contributed by atoms with Crippen LogP contribution >= 0.6 is 0 Å². The van der Waals surface area contributed by atoms with Gasteiger partial charge in [0.2, 0.25) is 0 Å². The van der Waals surface area contributed by atoms with Crippen molar-refractivity contribution in [2.24, 2.45) is 5.73 Å². The third kappa shape index (κ3) is 6.10. The summed E-state index contributed by atoms with van der Waals surface area (Å²) in [6, 6.07) is 10.3. The molecular formula is C23H26N2O. The van der Waals surface area contributed by atoms with Crippen molar-refractivity contribution in [3.8, 4) is 0 Å². The van der Waals surface area contributed by atoms with Gasteiger partial charge in [0.25, 0.3) is 5.91 Å². The van der Waals surface area contributed by atoms with Crippen LogP contribution in [0.15, 0.2) is 102 Å². The number of hydrogen-bond donors (Lipinski definition) is 2. The van der Waals surface area contributed by atoms with E-state index in [1.165, 1.54) is 5.56 Å². The summed E-state index contributed by atoms with van der Waals surface area (Å²) in [7, 11) is 0. The summed E-state index contributed by atoms with van der Waals surface area (Å²) in [6.07, 6.45) is 15.2. The number of nitrogens with two attached hydrogens (primary N) is 1. The maximum absolute atomic E-state index is 11.9. The molecule has 2 rings (SSSR count). The molecule has 0 unspecified atom stereocenters. The zero-order chi connectivity index (χ0) is 18.8. The Bertz CT molecular complexity index is 793. The van der Waals surface area contributed by atoms with Crippen LogP contribution in [0.25, 0.3) is 0 Å². The molecule has 0 radical (unpaired) electrons. The molecule has 0 fully saturated rings. The van der Waals surface area contributed by atoms with Crippen LogP contribution in [0.2, 0.25) is 0 Å². The molecule has 0 spiro atoms. The largest absolute Gasteiger partial charge is 0.401 e. The van der Waals surface area contributed by atoms with Gasteiger partial charge in [-0.3, -0.25) is 4.79 Å². The number of hydrogen-bond acceptors (Lipinski definition) is 2. The van der Waals surface area contributed by atoms with Crippen LogP contribution in [0.1, 0.15) is 18.9 Å². The van der Waals surface area contributed by atoms with Crippen molar-refractivity contribution in [2.75, 3.05) is 6.54 Å². The van der Waals surface area contributed by atoms with Crippen molar-refractivity contribution >= 4 is 5.91 Å². The first-order valence-electron chi connectivity index (χ1n) is 8.79. The maximum atomic E-state index is 11.9. The van der Waals surface area contributed by atoms with Gasteiger partial charge in [0.1, 0.15) is 0 Å². The lowest BCUT2D eigenvalue weighted by atomic mass is 10.0. The minimum absolute atomic E-state index is 0.119. The molecule has 0 atom stereocenters. The molecule has 3 nitrogen and oxygen atoms in total. The number of allylic oxidation sites excluding steroid dienone is 8. The van der Waals surface area contributed by atoms with Crippen molar-refractivity contribution in [1.82, 2.24) is 5.32 Å². The molecule has 0 saturated heterocycles. The molecule has 134 valence electrons. The molecule has 3 N–H and O–H groups in total. The topological polar surface area (TPSA) is 55.1 Å². The average molecular weight is 346 g/mol. The molecule has 1 amide bonds. The quantitative estimate of drug-likeness (QED) is 0.729. The molecular weight excluding hydrogens is 320 g/mol. The number of rotatable bonds is 7. The second-order valence-electron chi connectivity index (χ2n) is 6.09. The summed E-state index contributed by atoms with van der Waals surface area (Å²) in [6.45, 7) is 6.64. The van der Waals surface area contributed by atoms with Crippen LogP contribution < -0.4 is 11.1 Å². The summed E-state index contributed by atoms with van der Waals surface area (Å²) in [5.74, 6) is -0.119. The monoisotopic (exact) mass is 346 g/mol. The predicted molar refractivity (Wildman–Crippen MR) is 109 cm³/mol. The molecule has 0 aliphatic carbocycles. The number of nitrogens with one attached hydrogen (secondary N) is 1. The van der Waals surface area contributed by atoms with Crippen LogP contribution in [0, 0.1) is 0 Å². The van der Waals surface area contributed by atoms with E-state index in [1.54, 1.807) is 6.08 Å². The van der Waals surface area contributed by atoms with Crippen molar-refractivity contribution in [1.29, 1.82) is 0 Å². The first-order valence-corrected chi connectivity index (χ1v) is 8.79. The highest BCUT2D eigenvalue weighted by molar-refractivity contribution is 5.97. The minimum Gasteiger partial charge on any atom is -0.401 e. The minimum atomic E-state index is -0.119. The Morgan fingerprint density at radius 1 is 1.23 bits per heavy atom. The second kappa shape index (κ2) is 10.0. The van der Waals surface area contributed by atoms with E-state index < -0.39 is 0 Å². The van der Waals surface area contributed by atoms with E-state index in [9.17, 15) is 4.79 Å². The fourth-order valence-electron chi connectivity index (χ4n) is 2.62. The summed E-state index contributed by atoms with van der Waals surface area (Å²) >= 11 is 0. The highest BCUT2D eigenvalue weighted by Gasteiger charge is 2.15. The summed E-state index contributed by atoms with van der Waals surface area (Å²) < 4.78 is 0. The lowest BCUT2D eigenvalue weighted by molar-refractivity contribution is -0.117. The zero-order valence-corrected chi connectivity index (χ0v) is 15.2. The lowest BCUT2D eigenvalue weighted by Gasteiger charge is -2.15. The van der Waals surface area contributed by atoms with Crippen molar-refractivity contribution in [3.05, 3.63) is 107 Å². The molecule has 0 bridgehead atoms. The number of amides is 1. The molecule has 0 saturated carbocycles. The van der Waals surface area contributed by atoms with Crippen LogP contribution in [-0.2, 0) is 11.2 Å². The van der Waals surface area contributed by atoms with E-state index in [-0.39, 0.29) is 5.91 Å². The molecule has 1 heterocycles. The number of benzene rings is 1. The number of carbonyl (C=O) groups excluding carboxylic acids is 1. The molecule has 1 aliphatic heterocycles. The molecule has 0 aromatic heterocycles. The molecule has 1 aromatic carbocycles. The Labute approximate surface area is 156 Å². The van der Waals surface area contributed by atoms with Gasteiger partial charge in [-0.15, -0.1) is 0 Å².